The van der Waals surface area contributed by atoms with Crippen molar-refractivity contribution in [2.45, 2.75) is 19.3 Å². The summed E-state index contributed by atoms with van der Waals surface area (Å²) in [5.74, 6) is 0.490. The average Bonchev–Trinajstić information content (AvgIpc) is 3.44. The minimum atomic E-state index is -0.909. The van der Waals surface area contributed by atoms with Crippen molar-refractivity contribution in [3.63, 3.8) is 0 Å². The summed E-state index contributed by atoms with van der Waals surface area (Å²) < 4.78 is 24.4. The number of rotatable bonds is 8. The van der Waals surface area contributed by atoms with Crippen molar-refractivity contribution in [3.8, 4) is 17.2 Å². The first kappa shape index (κ1) is 19.9. The lowest BCUT2D eigenvalue weighted by Gasteiger charge is -2.19. The van der Waals surface area contributed by atoms with Crippen LogP contribution in [0.1, 0.15) is 23.0 Å². The van der Waals surface area contributed by atoms with E-state index < -0.39 is 12.3 Å². The predicted molar refractivity (Wildman–Crippen MR) is 107 cm³/mol. The van der Waals surface area contributed by atoms with Gasteiger partial charge in [0.1, 0.15) is 18.1 Å². The molecule has 0 saturated carbocycles. The second-order valence-electron chi connectivity index (χ2n) is 6.76. The number of benzene rings is 2. The first-order valence-electron chi connectivity index (χ1n) is 9.51. The van der Waals surface area contributed by atoms with Gasteiger partial charge in [-0.3, -0.25) is 4.79 Å². The number of ether oxygens (including phenoxy) is 4. The van der Waals surface area contributed by atoms with Crippen molar-refractivity contribution >= 4 is 5.97 Å². The van der Waals surface area contributed by atoms with Crippen LogP contribution >= 0.6 is 0 Å². The molecule has 8 heteroatoms. The van der Waals surface area contributed by atoms with Crippen molar-refractivity contribution < 1.29 is 28.8 Å². The second kappa shape index (κ2) is 8.98. The molecule has 4 rings (SSSR count). The third-order valence-corrected chi connectivity index (χ3v) is 4.69. The Bertz CT molecular complexity index is 1010. The van der Waals surface area contributed by atoms with Crippen LogP contribution in [0.2, 0.25) is 0 Å². The molecule has 3 aromatic rings. The van der Waals surface area contributed by atoms with Crippen molar-refractivity contribution in [1.29, 1.82) is 0 Å². The van der Waals surface area contributed by atoms with E-state index >= 15 is 0 Å². The summed E-state index contributed by atoms with van der Waals surface area (Å²) in [6.45, 7) is 1.33. The highest BCUT2D eigenvalue weighted by Gasteiger charge is 2.27. The molecule has 1 saturated heterocycles. The van der Waals surface area contributed by atoms with Crippen molar-refractivity contribution in [2.24, 2.45) is 0 Å². The largest absolute Gasteiger partial charge is 0.497 e. The maximum atomic E-state index is 11.0. The summed E-state index contributed by atoms with van der Waals surface area (Å²) in [7, 11) is 1.63. The van der Waals surface area contributed by atoms with Crippen LogP contribution < -0.4 is 9.47 Å². The average molecular weight is 410 g/mol. The molecular weight excluding hydrogens is 388 g/mol. The second-order valence-corrected chi connectivity index (χ2v) is 6.76. The number of aliphatic carboxylic acids is 1. The van der Waals surface area contributed by atoms with Crippen LogP contribution in [-0.2, 0) is 27.3 Å². The molecule has 0 aliphatic carbocycles. The maximum absolute atomic E-state index is 11.0. The van der Waals surface area contributed by atoms with Gasteiger partial charge in [-0.1, -0.05) is 18.2 Å². The molecule has 156 valence electrons. The summed E-state index contributed by atoms with van der Waals surface area (Å²) in [6.07, 6.45) is 2.55. The molecule has 8 nitrogen and oxygen atoms in total. The first-order chi connectivity index (χ1) is 14.6. The van der Waals surface area contributed by atoms with Crippen LogP contribution in [0, 0.1) is 0 Å². The molecule has 30 heavy (non-hydrogen) atoms. The molecular formula is C22H22N2O6. The summed E-state index contributed by atoms with van der Waals surface area (Å²) in [4.78, 5) is 11.0. The number of carboxylic acid groups (broad SMARTS) is 1. The van der Waals surface area contributed by atoms with Crippen LogP contribution in [-0.4, -0.2) is 41.2 Å². The number of methoxy groups -OCH3 is 1. The minimum absolute atomic E-state index is 0.0978. The van der Waals surface area contributed by atoms with Crippen LogP contribution in [0.15, 0.2) is 54.9 Å². The summed E-state index contributed by atoms with van der Waals surface area (Å²) in [5, 5.41) is 13.3. The smallest absolute Gasteiger partial charge is 0.307 e. The lowest BCUT2D eigenvalue weighted by atomic mass is 10.1. The first-order valence-corrected chi connectivity index (χ1v) is 9.51. The Hall–Kier alpha value is -3.36. The Labute approximate surface area is 173 Å². The zero-order valence-electron chi connectivity index (χ0n) is 16.5. The molecule has 0 bridgehead atoms. The fourth-order valence-corrected chi connectivity index (χ4v) is 3.26. The zero-order chi connectivity index (χ0) is 20.9. The summed E-state index contributed by atoms with van der Waals surface area (Å²) in [6, 6.07) is 13.2. The highest BCUT2D eigenvalue weighted by atomic mass is 16.7. The fraction of sp³-hybridized carbons (Fsp3) is 0.273. The van der Waals surface area contributed by atoms with Gasteiger partial charge in [0.25, 0.3) is 0 Å². The monoisotopic (exact) mass is 410 g/mol. The van der Waals surface area contributed by atoms with E-state index in [-0.39, 0.29) is 6.42 Å². The molecule has 1 aliphatic heterocycles. The maximum Gasteiger partial charge on any atom is 0.307 e. The lowest BCUT2D eigenvalue weighted by Crippen LogP contribution is -2.09. The predicted octanol–water partition coefficient (Wildman–Crippen LogP) is 3.13. The SMILES string of the molecule is COc1ccc(COc2cccc(-n3cc(CC(=O)O)cn3)c2C2OCCO2)cc1. The standard InChI is InChI=1S/C22H22N2O6/c1-27-17-7-5-15(6-8-17)14-30-19-4-2-3-18(21(19)22-28-9-10-29-22)24-13-16(12-23-24)11-20(25)26/h2-8,12-13,22H,9-11,14H2,1H3,(H,25,26). The number of carboxylic acids is 1. The molecule has 1 aromatic heterocycles. The zero-order valence-corrected chi connectivity index (χ0v) is 16.5. The molecule has 0 spiro atoms. The van der Waals surface area contributed by atoms with Gasteiger partial charge in [-0.15, -0.1) is 0 Å². The van der Waals surface area contributed by atoms with Gasteiger partial charge in [-0.25, -0.2) is 4.68 Å². The van der Waals surface area contributed by atoms with Gasteiger partial charge in [0.2, 0.25) is 0 Å². The Morgan fingerprint density at radius 2 is 1.93 bits per heavy atom. The number of carbonyl (C=O) groups is 1. The molecule has 0 radical (unpaired) electrons. The van der Waals surface area contributed by atoms with Crippen LogP contribution in [0.4, 0.5) is 0 Å². The molecule has 1 aliphatic rings. The van der Waals surface area contributed by atoms with E-state index in [0.29, 0.717) is 42.4 Å². The number of aromatic nitrogens is 2. The van der Waals surface area contributed by atoms with E-state index in [4.69, 9.17) is 24.1 Å². The van der Waals surface area contributed by atoms with E-state index in [1.54, 1.807) is 24.2 Å². The van der Waals surface area contributed by atoms with E-state index in [1.807, 2.05) is 42.5 Å². The number of hydrogen-bond acceptors (Lipinski definition) is 6. The van der Waals surface area contributed by atoms with E-state index in [2.05, 4.69) is 5.10 Å². The molecule has 0 amide bonds. The fourth-order valence-electron chi connectivity index (χ4n) is 3.26. The Kier molecular flexibility index (Phi) is 5.97. The third-order valence-electron chi connectivity index (χ3n) is 4.69. The number of hydrogen-bond donors (Lipinski definition) is 1. The topological polar surface area (TPSA) is 92.0 Å². The van der Waals surface area contributed by atoms with Gasteiger partial charge >= 0.3 is 5.97 Å². The van der Waals surface area contributed by atoms with Crippen LogP contribution in [0.25, 0.3) is 5.69 Å². The number of nitrogens with zero attached hydrogens (tertiary/aromatic N) is 2. The van der Waals surface area contributed by atoms with Crippen molar-refractivity contribution in [1.82, 2.24) is 9.78 Å². The van der Waals surface area contributed by atoms with E-state index in [9.17, 15) is 4.79 Å². The highest BCUT2D eigenvalue weighted by Crippen LogP contribution is 2.36. The Balaban J connectivity index is 1.63. The van der Waals surface area contributed by atoms with Gasteiger partial charge in [-0.2, -0.15) is 5.10 Å². The van der Waals surface area contributed by atoms with Crippen LogP contribution in [0.3, 0.4) is 0 Å². The molecule has 1 N–H and O–H groups in total. The molecule has 2 aromatic carbocycles. The van der Waals surface area contributed by atoms with Crippen molar-refractivity contribution in [3.05, 3.63) is 71.5 Å². The molecule has 0 atom stereocenters. The van der Waals surface area contributed by atoms with Gasteiger partial charge in [0.15, 0.2) is 6.29 Å². The van der Waals surface area contributed by atoms with Gasteiger partial charge < -0.3 is 24.1 Å². The Morgan fingerprint density at radius 3 is 2.63 bits per heavy atom. The van der Waals surface area contributed by atoms with Crippen molar-refractivity contribution in [2.75, 3.05) is 20.3 Å². The normalized spacial score (nSPS) is 14.0. The summed E-state index contributed by atoms with van der Waals surface area (Å²) >= 11 is 0. The lowest BCUT2D eigenvalue weighted by molar-refractivity contribution is -0.136. The summed E-state index contributed by atoms with van der Waals surface area (Å²) in [5.41, 5.74) is 3.02. The van der Waals surface area contributed by atoms with Gasteiger partial charge in [-0.05, 0) is 29.8 Å². The van der Waals surface area contributed by atoms with E-state index in [0.717, 1.165) is 11.3 Å². The minimum Gasteiger partial charge on any atom is -0.497 e. The Morgan fingerprint density at radius 1 is 1.17 bits per heavy atom. The molecule has 1 fully saturated rings. The van der Waals surface area contributed by atoms with E-state index in [1.165, 1.54) is 0 Å². The highest BCUT2D eigenvalue weighted by molar-refractivity contribution is 5.70. The molecule has 0 unspecified atom stereocenters. The van der Waals surface area contributed by atoms with Gasteiger partial charge in [0.05, 0.1) is 44.2 Å². The van der Waals surface area contributed by atoms with Crippen LogP contribution in [0.5, 0.6) is 11.5 Å². The third kappa shape index (κ3) is 4.45. The molecule has 2 heterocycles. The quantitative estimate of drug-likeness (QED) is 0.610. The van der Waals surface area contributed by atoms with Gasteiger partial charge in [0, 0.05) is 11.8 Å².